The molecule has 0 spiro atoms. The number of benzene rings is 1. The molecule has 1 aromatic heterocycles. The fourth-order valence-electron chi connectivity index (χ4n) is 1.38. The number of halogens is 2. The number of carbonyl (C=O) groups excluding carboxylic acids is 1. The Morgan fingerprint density at radius 2 is 1.80 bits per heavy atom. The number of hydrogen-bond donors (Lipinski definition) is 2. The minimum Gasteiger partial charge on any atom is -0.454 e. The van der Waals surface area contributed by atoms with Crippen LogP contribution in [0.25, 0.3) is 0 Å². The first-order valence-electron chi connectivity index (χ1n) is 5.34. The van der Waals surface area contributed by atoms with Crippen LogP contribution < -0.4 is 11.5 Å². The number of rotatable bonds is 3. The van der Waals surface area contributed by atoms with E-state index in [9.17, 15) is 4.79 Å². The van der Waals surface area contributed by atoms with Gasteiger partial charge in [0.2, 0.25) is 11.9 Å². The number of nitrogen functional groups attached to an aromatic ring is 2. The van der Waals surface area contributed by atoms with Crippen LogP contribution in [0.3, 0.4) is 0 Å². The van der Waals surface area contributed by atoms with E-state index >= 15 is 0 Å². The molecule has 104 valence electrons. The molecule has 0 saturated heterocycles. The van der Waals surface area contributed by atoms with Gasteiger partial charge in [0, 0.05) is 5.02 Å². The lowest BCUT2D eigenvalue weighted by molar-refractivity contribution is 0.0462. The Balaban J connectivity index is 2.08. The lowest BCUT2D eigenvalue weighted by Gasteiger charge is -2.06. The molecular weight excluding hydrogens is 305 g/mol. The number of nitrogens with zero attached hydrogens (tertiary/aromatic N) is 3. The Bertz CT molecular complexity index is 645. The number of hydrogen-bond acceptors (Lipinski definition) is 7. The quantitative estimate of drug-likeness (QED) is 0.828. The minimum absolute atomic E-state index is 0.0481. The van der Waals surface area contributed by atoms with E-state index in [1.54, 1.807) is 0 Å². The number of anilines is 2. The fraction of sp³-hybridized carbons (Fsp3) is 0.0909. The van der Waals surface area contributed by atoms with Gasteiger partial charge in [-0.25, -0.2) is 4.79 Å². The van der Waals surface area contributed by atoms with Crippen LogP contribution in [0, 0.1) is 0 Å². The summed E-state index contributed by atoms with van der Waals surface area (Å²) in [5, 5.41) is 0.613. The molecule has 0 aliphatic carbocycles. The van der Waals surface area contributed by atoms with E-state index in [0.29, 0.717) is 5.02 Å². The van der Waals surface area contributed by atoms with E-state index in [0.717, 1.165) is 0 Å². The fourth-order valence-corrected chi connectivity index (χ4v) is 1.87. The summed E-state index contributed by atoms with van der Waals surface area (Å²) in [6.45, 7) is -0.200. The van der Waals surface area contributed by atoms with Crippen LogP contribution in [0.1, 0.15) is 16.2 Å². The molecule has 0 unspecified atom stereocenters. The van der Waals surface area contributed by atoms with E-state index in [1.807, 2.05) is 0 Å². The molecule has 7 nitrogen and oxygen atoms in total. The lowest BCUT2D eigenvalue weighted by atomic mass is 10.2. The van der Waals surface area contributed by atoms with Gasteiger partial charge in [0.05, 0.1) is 10.6 Å². The third-order valence-corrected chi connectivity index (χ3v) is 2.75. The number of nitrogens with two attached hydrogens (primary N) is 2. The number of ether oxygens (including phenoxy) is 1. The second kappa shape index (κ2) is 5.89. The standard InChI is InChI=1S/C11H9Cl2N5O2/c12-5-1-2-6(7(13)3-5)9(19)20-4-8-16-10(14)18-11(15)17-8/h1-3H,4H2,(H4,14,15,16,17,18). The van der Waals surface area contributed by atoms with Crippen LogP contribution in [0.2, 0.25) is 10.0 Å². The molecule has 20 heavy (non-hydrogen) atoms. The molecule has 4 N–H and O–H groups in total. The van der Waals surface area contributed by atoms with Gasteiger partial charge in [-0.1, -0.05) is 23.2 Å². The second-order valence-electron chi connectivity index (χ2n) is 3.67. The maximum absolute atomic E-state index is 11.8. The average molecular weight is 314 g/mol. The Labute approximate surface area is 123 Å². The Kier molecular flexibility index (Phi) is 4.21. The average Bonchev–Trinajstić information content (AvgIpc) is 2.35. The van der Waals surface area contributed by atoms with Gasteiger partial charge in [-0.3, -0.25) is 0 Å². The van der Waals surface area contributed by atoms with Crippen LogP contribution in [0.5, 0.6) is 0 Å². The van der Waals surface area contributed by atoms with Crippen molar-refractivity contribution in [3.63, 3.8) is 0 Å². The molecule has 2 rings (SSSR count). The summed E-state index contributed by atoms with van der Waals surface area (Å²) >= 11 is 11.6. The lowest BCUT2D eigenvalue weighted by Crippen LogP contribution is -2.11. The topological polar surface area (TPSA) is 117 Å². The molecule has 0 fully saturated rings. The highest BCUT2D eigenvalue weighted by Gasteiger charge is 2.13. The first kappa shape index (κ1) is 14.3. The van der Waals surface area contributed by atoms with E-state index in [4.69, 9.17) is 39.4 Å². The van der Waals surface area contributed by atoms with Crippen LogP contribution in [0.15, 0.2) is 18.2 Å². The summed E-state index contributed by atoms with van der Waals surface area (Å²) in [6.07, 6.45) is 0. The van der Waals surface area contributed by atoms with Crippen molar-refractivity contribution in [2.75, 3.05) is 11.5 Å². The van der Waals surface area contributed by atoms with E-state index in [1.165, 1.54) is 18.2 Å². The van der Waals surface area contributed by atoms with Crippen molar-refractivity contribution in [2.24, 2.45) is 0 Å². The Morgan fingerprint density at radius 3 is 2.40 bits per heavy atom. The summed E-state index contributed by atoms with van der Waals surface area (Å²) in [7, 11) is 0. The van der Waals surface area contributed by atoms with Crippen molar-refractivity contribution in [2.45, 2.75) is 6.61 Å². The first-order valence-corrected chi connectivity index (χ1v) is 6.09. The number of carbonyl (C=O) groups is 1. The van der Waals surface area contributed by atoms with Gasteiger partial charge in [-0.15, -0.1) is 0 Å². The molecule has 0 aliphatic rings. The summed E-state index contributed by atoms with van der Waals surface area (Å²) in [4.78, 5) is 23.0. The van der Waals surface area contributed by atoms with E-state index in [2.05, 4.69) is 15.0 Å². The molecule has 0 saturated carbocycles. The van der Waals surface area contributed by atoms with Crippen molar-refractivity contribution in [1.29, 1.82) is 0 Å². The predicted molar refractivity (Wildman–Crippen MR) is 74.2 cm³/mol. The Hall–Kier alpha value is -2.12. The molecule has 1 aromatic carbocycles. The maximum atomic E-state index is 11.8. The molecule has 9 heteroatoms. The predicted octanol–water partition coefficient (Wildman–Crippen LogP) is 1.70. The van der Waals surface area contributed by atoms with Crippen molar-refractivity contribution in [3.05, 3.63) is 39.6 Å². The summed E-state index contributed by atoms with van der Waals surface area (Å²) in [6, 6.07) is 4.44. The zero-order valence-corrected chi connectivity index (χ0v) is 11.5. The van der Waals surface area contributed by atoms with Gasteiger partial charge >= 0.3 is 5.97 Å². The molecule has 0 amide bonds. The van der Waals surface area contributed by atoms with Crippen LogP contribution in [-0.4, -0.2) is 20.9 Å². The van der Waals surface area contributed by atoms with Crippen molar-refractivity contribution in [3.8, 4) is 0 Å². The number of esters is 1. The van der Waals surface area contributed by atoms with Crippen molar-refractivity contribution < 1.29 is 9.53 Å². The summed E-state index contributed by atoms with van der Waals surface area (Å²) < 4.78 is 5.01. The normalized spacial score (nSPS) is 10.3. The van der Waals surface area contributed by atoms with Gasteiger partial charge in [-0.2, -0.15) is 15.0 Å². The highest BCUT2D eigenvalue weighted by atomic mass is 35.5. The summed E-state index contributed by atoms with van der Waals surface area (Å²) in [5.74, 6) is -0.584. The summed E-state index contributed by atoms with van der Waals surface area (Å²) in [5.41, 5.74) is 11.0. The van der Waals surface area contributed by atoms with Crippen LogP contribution in [0.4, 0.5) is 11.9 Å². The highest BCUT2D eigenvalue weighted by Crippen LogP contribution is 2.21. The molecule has 1 heterocycles. The largest absolute Gasteiger partial charge is 0.454 e. The molecule has 0 atom stereocenters. The molecule has 0 aliphatic heterocycles. The van der Waals surface area contributed by atoms with Crippen molar-refractivity contribution >= 4 is 41.1 Å². The molecule has 0 bridgehead atoms. The maximum Gasteiger partial charge on any atom is 0.340 e. The Morgan fingerprint density at radius 1 is 1.15 bits per heavy atom. The first-order chi connectivity index (χ1) is 9.45. The minimum atomic E-state index is -0.635. The van der Waals surface area contributed by atoms with Crippen LogP contribution >= 0.6 is 23.2 Å². The molecular formula is C11H9Cl2N5O2. The van der Waals surface area contributed by atoms with E-state index < -0.39 is 5.97 Å². The van der Waals surface area contributed by atoms with E-state index in [-0.39, 0.29) is 34.9 Å². The second-order valence-corrected chi connectivity index (χ2v) is 4.51. The molecule has 0 radical (unpaired) electrons. The SMILES string of the molecule is Nc1nc(N)nc(COC(=O)c2ccc(Cl)cc2Cl)n1. The third-order valence-electron chi connectivity index (χ3n) is 2.20. The highest BCUT2D eigenvalue weighted by molar-refractivity contribution is 6.36. The van der Waals surface area contributed by atoms with Crippen molar-refractivity contribution in [1.82, 2.24) is 15.0 Å². The zero-order chi connectivity index (χ0) is 14.7. The van der Waals surface area contributed by atoms with Gasteiger partial charge in [0.25, 0.3) is 0 Å². The zero-order valence-electron chi connectivity index (χ0n) is 10.0. The number of aromatic nitrogens is 3. The van der Waals surface area contributed by atoms with Gasteiger partial charge in [0.15, 0.2) is 12.4 Å². The monoisotopic (exact) mass is 313 g/mol. The smallest absolute Gasteiger partial charge is 0.340 e. The van der Waals surface area contributed by atoms with Gasteiger partial charge in [-0.05, 0) is 18.2 Å². The van der Waals surface area contributed by atoms with Gasteiger partial charge in [0.1, 0.15) is 0 Å². The van der Waals surface area contributed by atoms with Gasteiger partial charge < -0.3 is 16.2 Å². The third kappa shape index (κ3) is 3.46. The van der Waals surface area contributed by atoms with Crippen LogP contribution in [-0.2, 0) is 11.3 Å². The molecule has 2 aromatic rings.